The zero-order valence-electron chi connectivity index (χ0n) is 10.7. The van der Waals surface area contributed by atoms with Crippen LogP contribution in [0.2, 0.25) is 4.34 Å². The molecule has 0 amide bonds. The molecule has 6 heteroatoms. The zero-order chi connectivity index (χ0) is 14.1. The van der Waals surface area contributed by atoms with Crippen LogP contribution in [0.1, 0.15) is 6.92 Å². The van der Waals surface area contributed by atoms with Gasteiger partial charge in [-0.15, -0.1) is 11.3 Å². The molecule has 2 aromatic heterocycles. The predicted octanol–water partition coefficient (Wildman–Crippen LogP) is 4.58. The van der Waals surface area contributed by atoms with E-state index in [1.165, 1.54) is 23.5 Å². The first kappa shape index (κ1) is 13.3. The monoisotopic (exact) mass is 307 g/mol. The molecule has 3 aromatic rings. The minimum Gasteiger partial charge on any atom is -0.370 e. The molecule has 0 bridgehead atoms. The number of nitrogens with one attached hydrogen (secondary N) is 1. The molecule has 0 unspecified atom stereocenters. The number of thiophene rings is 1. The summed E-state index contributed by atoms with van der Waals surface area (Å²) in [6.07, 6.45) is 0. The lowest BCUT2D eigenvalue weighted by molar-refractivity contribution is 0.629. The Morgan fingerprint density at radius 2 is 2.10 bits per heavy atom. The van der Waals surface area contributed by atoms with Crippen LogP contribution in [-0.4, -0.2) is 16.5 Å². The second-order valence-corrected chi connectivity index (χ2v) is 5.91. The SMILES string of the molecule is CCNc1nc(-c2ccc(Cl)s2)nc2ccc(F)cc12. The van der Waals surface area contributed by atoms with Crippen molar-refractivity contribution >= 4 is 39.7 Å². The van der Waals surface area contributed by atoms with Gasteiger partial charge in [0.05, 0.1) is 14.7 Å². The molecule has 0 saturated carbocycles. The maximum atomic E-state index is 13.4. The summed E-state index contributed by atoms with van der Waals surface area (Å²) >= 11 is 7.37. The van der Waals surface area contributed by atoms with Gasteiger partial charge in [0.15, 0.2) is 5.82 Å². The maximum absolute atomic E-state index is 13.4. The molecule has 0 atom stereocenters. The van der Waals surface area contributed by atoms with Crippen LogP contribution in [0.4, 0.5) is 10.2 Å². The summed E-state index contributed by atoms with van der Waals surface area (Å²) in [5, 5.41) is 3.83. The smallest absolute Gasteiger partial charge is 0.172 e. The van der Waals surface area contributed by atoms with Gasteiger partial charge in [-0.2, -0.15) is 0 Å². The average molecular weight is 308 g/mol. The number of nitrogens with zero attached hydrogens (tertiary/aromatic N) is 2. The molecule has 0 aliphatic rings. The van der Waals surface area contributed by atoms with Crippen molar-refractivity contribution in [3.63, 3.8) is 0 Å². The number of halogens is 2. The summed E-state index contributed by atoms with van der Waals surface area (Å²) in [5.41, 5.74) is 0.705. The largest absolute Gasteiger partial charge is 0.370 e. The van der Waals surface area contributed by atoms with Crippen molar-refractivity contribution in [3.8, 4) is 10.7 Å². The molecule has 2 heterocycles. The van der Waals surface area contributed by atoms with E-state index in [1.54, 1.807) is 6.07 Å². The summed E-state index contributed by atoms with van der Waals surface area (Å²) in [5.74, 6) is 0.931. The van der Waals surface area contributed by atoms with Gasteiger partial charge < -0.3 is 5.32 Å². The van der Waals surface area contributed by atoms with Gasteiger partial charge in [-0.05, 0) is 37.3 Å². The first-order chi connectivity index (χ1) is 9.67. The minimum atomic E-state index is -0.299. The topological polar surface area (TPSA) is 37.8 Å². The van der Waals surface area contributed by atoms with Crippen LogP contribution >= 0.6 is 22.9 Å². The fraction of sp³-hybridized carbons (Fsp3) is 0.143. The van der Waals surface area contributed by atoms with Gasteiger partial charge in [0.2, 0.25) is 0 Å². The Morgan fingerprint density at radius 1 is 1.25 bits per heavy atom. The molecule has 0 saturated heterocycles. The third-order valence-corrected chi connectivity index (χ3v) is 4.02. The molecule has 0 fully saturated rings. The fourth-order valence-electron chi connectivity index (χ4n) is 1.95. The van der Waals surface area contributed by atoms with Crippen molar-refractivity contribution in [1.29, 1.82) is 0 Å². The summed E-state index contributed by atoms with van der Waals surface area (Å²) in [4.78, 5) is 9.84. The van der Waals surface area contributed by atoms with Crippen molar-refractivity contribution in [1.82, 2.24) is 9.97 Å². The zero-order valence-corrected chi connectivity index (χ0v) is 12.2. The third kappa shape index (κ3) is 2.46. The Bertz CT molecular complexity index is 772. The van der Waals surface area contributed by atoms with Crippen LogP contribution in [0.15, 0.2) is 30.3 Å². The van der Waals surface area contributed by atoms with Gasteiger partial charge in [-0.1, -0.05) is 11.6 Å². The quantitative estimate of drug-likeness (QED) is 0.769. The number of rotatable bonds is 3. The van der Waals surface area contributed by atoms with Crippen molar-refractivity contribution < 1.29 is 4.39 Å². The van der Waals surface area contributed by atoms with E-state index < -0.39 is 0 Å². The molecule has 1 N–H and O–H groups in total. The lowest BCUT2D eigenvalue weighted by Gasteiger charge is -2.08. The van der Waals surface area contributed by atoms with Gasteiger partial charge in [0, 0.05) is 11.9 Å². The lowest BCUT2D eigenvalue weighted by atomic mass is 10.2. The Hall–Kier alpha value is -1.72. The Labute approximate surface area is 124 Å². The van der Waals surface area contributed by atoms with E-state index >= 15 is 0 Å². The molecule has 102 valence electrons. The highest BCUT2D eigenvalue weighted by molar-refractivity contribution is 7.19. The molecule has 0 aliphatic carbocycles. The Morgan fingerprint density at radius 3 is 2.80 bits per heavy atom. The number of hydrogen-bond acceptors (Lipinski definition) is 4. The van der Waals surface area contributed by atoms with Crippen LogP contribution in [0, 0.1) is 5.82 Å². The predicted molar refractivity (Wildman–Crippen MR) is 82.0 cm³/mol. The van der Waals surface area contributed by atoms with E-state index in [4.69, 9.17) is 11.6 Å². The standard InChI is InChI=1S/C14H11ClFN3S/c1-2-17-13-9-7-8(16)3-4-10(9)18-14(19-13)11-5-6-12(15)20-11/h3-7H,2H2,1H3,(H,17,18,19). The molecule has 0 spiro atoms. The van der Waals surface area contributed by atoms with Crippen molar-refractivity contribution in [3.05, 3.63) is 40.5 Å². The van der Waals surface area contributed by atoms with Crippen molar-refractivity contribution in [2.75, 3.05) is 11.9 Å². The van der Waals surface area contributed by atoms with E-state index in [0.29, 0.717) is 33.4 Å². The average Bonchev–Trinajstić information content (AvgIpc) is 2.86. The van der Waals surface area contributed by atoms with Crippen LogP contribution in [0.25, 0.3) is 21.6 Å². The molecule has 3 nitrogen and oxygen atoms in total. The third-order valence-electron chi connectivity index (χ3n) is 2.80. The van der Waals surface area contributed by atoms with E-state index in [0.717, 1.165) is 4.88 Å². The van der Waals surface area contributed by atoms with E-state index in [1.807, 2.05) is 19.1 Å². The summed E-state index contributed by atoms with van der Waals surface area (Å²) < 4.78 is 14.1. The molecule has 1 aromatic carbocycles. The second kappa shape index (κ2) is 5.34. The van der Waals surface area contributed by atoms with Crippen LogP contribution in [-0.2, 0) is 0 Å². The van der Waals surface area contributed by atoms with Crippen molar-refractivity contribution in [2.45, 2.75) is 6.92 Å². The van der Waals surface area contributed by atoms with Crippen LogP contribution < -0.4 is 5.32 Å². The van der Waals surface area contributed by atoms with Gasteiger partial charge in [0.1, 0.15) is 11.6 Å². The van der Waals surface area contributed by atoms with E-state index in [9.17, 15) is 4.39 Å². The fourth-order valence-corrected chi connectivity index (χ4v) is 2.92. The summed E-state index contributed by atoms with van der Waals surface area (Å²) in [6, 6.07) is 8.20. The first-order valence-electron chi connectivity index (χ1n) is 6.14. The van der Waals surface area contributed by atoms with Crippen LogP contribution in [0.5, 0.6) is 0 Å². The number of benzene rings is 1. The molecule has 20 heavy (non-hydrogen) atoms. The Balaban J connectivity index is 2.22. The highest BCUT2D eigenvalue weighted by atomic mass is 35.5. The second-order valence-electron chi connectivity index (χ2n) is 4.19. The number of hydrogen-bond donors (Lipinski definition) is 1. The van der Waals surface area contributed by atoms with Crippen molar-refractivity contribution in [2.24, 2.45) is 0 Å². The van der Waals surface area contributed by atoms with E-state index in [2.05, 4.69) is 15.3 Å². The number of anilines is 1. The normalized spacial score (nSPS) is 10.9. The van der Waals surface area contributed by atoms with Gasteiger partial charge in [-0.3, -0.25) is 0 Å². The highest BCUT2D eigenvalue weighted by Gasteiger charge is 2.11. The number of fused-ring (bicyclic) bond motifs is 1. The minimum absolute atomic E-state index is 0.299. The molecular weight excluding hydrogens is 297 g/mol. The van der Waals surface area contributed by atoms with Gasteiger partial charge in [-0.25, -0.2) is 14.4 Å². The molecule has 0 radical (unpaired) electrons. The molecule has 3 rings (SSSR count). The molecular formula is C14H11ClFN3S. The first-order valence-corrected chi connectivity index (χ1v) is 7.33. The maximum Gasteiger partial charge on any atom is 0.172 e. The number of aromatic nitrogens is 2. The van der Waals surface area contributed by atoms with Crippen LogP contribution in [0.3, 0.4) is 0 Å². The van der Waals surface area contributed by atoms with E-state index in [-0.39, 0.29) is 5.82 Å². The lowest BCUT2D eigenvalue weighted by Crippen LogP contribution is -2.02. The van der Waals surface area contributed by atoms with Gasteiger partial charge >= 0.3 is 0 Å². The Kier molecular flexibility index (Phi) is 3.54. The van der Waals surface area contributed by atoms with Gasteiger partial charge in [0.25, 0.3) is 0 Å². The highest BCUT2D eigenvalue weighted by Crippen LogP contribution is 2.31. The summed E-state index contributed by atoms with van der Waals surface area (Å²) in [6.45, 7) is 2.67. The summed E-state index contributed by atoms with van der Waals surface area (Å²) in [7, 11) is 0. The molecule has 0 aliphatic heterocycles.